The van der Waals surface area contributed by atoms with Gasteiger partial charge in [-0.1, -0.05) is 140 Å². The molecule has 1 heterocycles. The van der Waals surface area contributed by atoms with E-state index in [1.165, 1.54) is 94.9 Å². The second-order valence-corrected chi connectivity index (χ2v) is 15.3. The van der Waals surface area contributed by atoms with Crippen molar-refractivity contribution in [2.75, 3.05) is 0 Å². The van der Waals surface area contributed by atoms with Gasteiger partial charge in [-0.05, 0) is 121 Å². The summed E-state index contributed by atoms with van der Waals surface area (Å²) in [5.74, 6) is 0.873. The van der Waals surface area contributed by atoms with Crippen molar-refractivity contribution in [3.8, 4) is 11.1 Å². The van der Waals surface area contributed by atoms with Gasteiger partial charge in [0.05, 0.1) is 0 Å². The van der Waals surface area contributed by atoms with Crippen molar-refractivity contribution in [1.29, 1.82) is 0 Å². The van der Waals surface area contributed by atoms with Crippen molar-refractivity contribution >= 4 is 50.5 Å². The molecule has 0 saturated heterocycles. The van der Waals surface area contributed by atoms with Crippen LogP contribution in [0.3, 0.4) is 0 Å². The van der Waals surface area contributed by atoms with E-state index in [4.69, 9.17) is 0 Å². The maximum atomic E-state index is 2.62. The Bertz CT molecular complexity index is 2420. The molecule has 6 aromatic rings. The Kier molecular flexibility index (Phi) is 7.09. The lowest BCUT2D eigenvalue weighted by atomic mass is 9.76. The van der Waals surface area contributed by atoms with Crippen LogP contribution in [0.2, 0.25) is 0 Å². The zero-order chi connectivity index (χ0) is 32.3. The molecule has 3 aliphatic carbocycles. The van der Waals surface area contributed by atoms with Crippen molar-refractivity contribution in [2.24, 2.45) is 0 Å². The highest BCUT2D eigenvalue weighted by Gasteiger charge is 2.36. The van der Waals surface area contributed by atoms with Crippen LogP contribution >= 0.6 is 11.8 Å². The molecule has 0 N–H and O–H groups in total. The second kappa shape index (κ2) is 11.9. The van der Waals surface area contributed by atoms with Crippen LogP contribution in [0.25, 0.3) is 49.9 Å². The topological polar surface area (TPSA) is 0 Å². The van der Waals surface area contributed by atoms with E-state index in [0.29, 0.717) is 17.1 Å². The molecule has 0 spiro atoms. The van der Waals surface area contributed by atoms with Gasteiger partial charge in [-0.2, -0.15) is 0 Å². The third-order valence-corrected chi connectivity index (χ3v) is 12.8. The fraction of sp³-hybridized carbons (Fsp3) is 0.167. The van der Waals surface area contributed by atoms with E-state index in [-0.39, 0.29) is 0 Å². The Morgan fingerprint density at radius 2 is 1.49 bits per heavy atom. The van der Waals surface area contributed by atoms with E-state index in [0.717, 1.165) is 19.3 Å². The molecule has 4 aliphatic rings. The molecule has 0 nitrogen and oxygen atoms in total. The number of rotatable bonds is 4. The summed E-state index contributed by atoms with van der Waals surface area (Å²) in [6.45, 7) is 0. The Balaban J connectivity index is 1.10. The minimum Gasteiger partial charge on any atom is -0.117 e. The van der Waals surface area contributed by atoms with Gasteiger partial charge in [0.25, 0.3) is 0 Å². The predicted octanol–water partition coefficient (Wildman–Crippen LogP) is 13.2. The van der Waals surface area contributed by atoms with Gasteiger partial charge in [0.1, 0.15) is 0 Å². The minimum atomic E-state index is 0.419. The zero-order valence-corrected chi connectivity index (χ0v) is 28.4. The summed E-state index contributed by atoms with van der Waals surface area (Å²) < 4.78 is 0. The number of hydrogen-bond donors (Lipinski definition) is 0. The first-order chi connectivity index (χ1) is 24.3. The second-order valence-electron chi connectivity index (χ2n) is 14.1. The maximum Gasteiger partial charge on any atom is 0.0454 e. The smallest absolute Gasteiger partial charge is 0.0454 e. The van der Waals surface area contributed by atoms with E-state index < -0.39 is 0 Å². The standard InChI is InChI=1S/C48H38S/c1-2-13-32-28-34(27-26-31(32)12-1)33-14-9-16-36(29-33)46-40-19-3-5-21-42(40)47(43-22-6-4-20-41(43)46)37-17-10-15-35(30-37)38-23-11-24-44-39-18-7-8-25-45(39)49-48(38)44/h1-5,7-8,10-13,15,17-21,23-30,33,44,48H,6,9,14,16,22H2. The van der Waals surface area contributed by atoms with Crippen LogP contribution in [0.1, 0.15) is 70.9 Å². The molecule has 0 radical (unpaired) electrons. The van der Waals surface area contributed by atoms with Crippen molar-refractivity contribution < 1.29 is 0 Å². The summed E-state index contributed by atoms with van der Waals surface area (Å²) in [7, 11) is 0. The number of thioether (sulfide) groups is 1. The van der Waals surface area contributed by atoms with Crippen molar-refractivity contribution in [2.45, 2.75) is 54.1 Å². The van der Waals surface area contributed by atoms with Gasteiger partial charge in [-0.25, -0.2) is 0 Å². The van der Waals surface area contributed by atoms with Gasteiger partial charge < -0.3 is 0 Å². The number of allylic oxidation sites excluding steroid dienone is 6. The summed E-state index contributed by atoms with van der Waals surface area (Å²) in [6.07, 6.45) is 20.2. The molecule has 236 valence electrons. The van der Waals surface area contributed by atoms with Crippen molar-refractivity contribution in [1.82, 2.24) is 0 Å². The molecule has 3 unspecified atom stereocenters. The summed E-state index contributed by atoms with van der Waals surface area (Å²) in [4.78, 5) is 1.42. The molecule has 0 amide bonds. The van der Waals surface area contributed by atoms with Crippen molar-refractivity contribution in [3.63, 3.8) is 0 Å². The normalized spacial score (nSPS) is 20.9. The molecule has 49 heavy (non-hydrogen) atoms. The number of hydrogen-bond acceptors (Lipinski definition) is 1. The highest BCUT2D eigenvalue weighted by Crippen LogP contribution is 2.53. The SMILES string of the molecule is C1=CC2c3ccccc3SC2C(c2cccc(-c3c4c(c(C5=CC(c6ccc7ccccc7c6)CCC5)c5ccccc35)C=CCC4)c2)=C1. The Morgan fingerprint density at radius 3 is 2.43 bits per heavy atom. The van der Waals surface area contributed by atoms with Crippen LogP contribution in [0, 0.1) is 0 Å². The number of fused-ring (bicyclic) bond motifs is 6. The van der Waals surface area contributed by atoms with E-state index >= 15 is 0 Å². The van der Waals surface area contributed by atoms with Gasteiger partial charge in [0, 0.05) is 22.0 Å². The quantitative estimate of drug-likeness (QED) is 0.184. The van der Waals surface area contributed by atoms with E-state index in [1.807, 2.05) is 11.8 Å². The molecule has 6 aromatic carbocycles. The molecule has 1 heteroatoms. The third kappa shape index (κ3) is 4.90. The molecule has 0 saturated carbocycles. The summed E-state index contributed by atoms with van der Waals surface area (Å²) in [5, 5.41) is 5.85. The van der Waals surface area contributed by atoms with Gasteiger partial charge >= 0.3 is 0 Å². The largest absolute Gasteiger partial charge is 0.117 e. The predicted molar refractivity (Wildman–Crippen MR) is 211 cm³/mol. The molecule has 3 atom stereocenters. The molecule has 1 aliphatic heterocycles. The van der Waals surface area contributed by atoms with E-state index in [9.17, 15) is 0 Å². The van der Waals surface area contributed by atoms with Crippen LogP contribution in [-0.4, -0.2) is 5.25 Å². The van der Waals surface area contributed by atoms with Crippen LogP contribution in [0.15, 0.2) is 151 Å². The van der Waals surface area contributed by atoms with Gasteiger partial charge in [0.15, 0.2) is 0 Å². The lowest BCUT2D eigenvalue weighted by molar-refractivity contribution is 0.665. The van der Waals surface area contributed by atoms with Crippen molar-refractivity contribution in [3.05, 3.63) is 179 Å². The monoisotopic (exact) mass is 646 g/mol. The lowest BCUT2D eigenvalue weighted by Gasteiger charge is -2.28. The fourth-order valence-corrected chi connectivity index (χ4v) is 10.6. The molecule has 0 aromatic heterocycles. The van der Waals surface area contributed by atoms with E-state index in [2.05, 4.69) is 152 Å². The molecular weight excluding hydrogens is 609 g/mol. The highest BCUT2D eigenvalue weighted by atomic mass is 32.2. The van der Waals surface area contributed by atoms with Crippen LogP contribution in [0.5, 0.6) is 0 Å². The maximum absolute atomic E-state index is 2.62. The highest BCUT2D eigenvalue weighted by molar-refractivity contribution is 8.00. The molecule has 10 rings (SSSR count). The number of benzene rings is 6. The summed E-state index contributed by atoms with van der Waals surface area (Å²) >= 11 is 2.03. The average molecular weight is 647 g/mol. The van der Waals surface area contributed by atoms with Crippen LogP contribution in [0.4, 0.5) is 0 Å². The Hall–Kier alpha value is -4.85. The van der Waals surface area contributed by atoms with Gasteiger partial charge in [-0.3, -0.25) is 0 Å². The van der Waals surface area contributed by atoms with Crippen LogP contribution < -0.4 is 0 Å². The first-order valence-corrected chi connectivity index (χ1v) is 18.9. The molecular formula is C48H38S. The first-order valence-electron chi connectivity index (χ1n) is 18.0. The summed E-state index contributed by atoms with van der Waals surface area (Å²) in [5.41, 5.74) is 14.4. The van der Waals surface area contributed by atoms with Crippen LogP contribution in [-0.2, 0) is 6.42 Å². The minimum absolute atomic E-state index is 0.419. The average Bonchev–Trinajstić information content (AvgIpc) is 3.56. The lowest BCUT2D eigenvalue weighted by Crippen LogP contribution is -2.13. The Morgan fingerprint density at radius 1 is 0.673 bits per heavy atom. The van der Waals surface area contributed by atoms with Gasteiger partial charge in [-0.15, -0.1) is 11.8 Å². The fourth-order valence-electron chi connectivity index (χ4n) is 9.08. The van der Waals surface area contributed by atoms with E-state index in [1.54, 1.807) is 0 Å². The Labute approximate surface area is 293 Å². The van der Waals surface area contributed by atoms with Gasteiger partial charge in [0.2, 0.25) is 0 Å². The molecule has 0 bridgehead atoms. The third-order valence-electron chi connectivity index (χ3n) is 11.3. The zero-order valence-electron chi connectivity index (χ0n) is 27.6. The molecule has 0 fully saturated rings. The summed E-state index contributed by atoms with van der Waals surface area (Å²) in [6, 6.07) is 43.5. The first kappa shape index (κ1) is 29.1.